The largest absolute Gasteiger partial charge is 0.459 e. The Bertz CT molecular complexity index is 1180. The van der Waals surface area contributed by atoms with Crippen LogP contribution in [0.3, 0.4) is 0 Å². The summed E-state index contributed by atoms with van der Waals surface area (Å²) in [5.74, 6) is -0.955. The zero-order valence-electron chi connectivity index (χ0n) is 24.9. The summed E-state index contributed by atoms with van der Waals surface area (Å²) in [5.41, 5.74) is 2.59. The molecular weight excluding hydrogens is 525 g/mol. The van der Waals surface area contributed by atoms with Crippen molar-refractivity contribution in [1.82, 2.24) is 29.7 Å². The Hall–Kier alpha value is -2.60. The summed E-state index contributed by atoms with van der Waals surface area (Å²) in [5, 5.41) is 5.80. The average Bonchev–Trinajstić information content (AvgIpc) is 3.13. The quantitative estimate of drug-likeness (QED) is 0.266. The minimum Gasteiger partial charge on any atom is -0.459 e. The molecule has 14 heteroatoms. The highest BCUT2D eigenvalue weighted by molar-refractivity contribution is 7.59. The molecule has 220 valence electrons. The van der Waals surface area contributed by atoms with E-state index in [-0.39, 0.29) is 12.2 Å². The number of hydrogen-bond acceptors (Lipinski definition) is 10. The molecule has 0 saturated carbocycles. The molecule has 2 rings (SSSR count). The first-order chi connectivity index (χ1) is 17.5. The number of nitrogens with zero attached hydrogens (tertiary/aromatic N) is 4. The molecule has 0 aromatic carbocycles. The summed E-state index contributed by atoms with van der Waals surface area (Å²) >= 11 is 0. The number of nitrogens with two attached hydrogens (primary N) is 1. The van der Waals surface area contributed by atoms with E-state index < -0.39 is 47.8 Å². The average molecular weight is 570 g/mol. The number of ether oxygens (including phenoxy) is 3. The van der Waals surface area contributed by atoms with Crippen LogP contribution in [0.4, 0.5) is 5.82 Å². The molecule has 0 aliphatic rings. The van der Waals surface area contributed by atoms with Gasteiger partial charge in [0.2, 0.25) is 7.44 Å². The Morgan fingerprint density at radius 1 is 0.923 bits per heavy atom. The molecule has 39 heavy (non-hydrogen) atoms. The van der Waals surface area contributed by atoms with Crippen molar-refractivity contribution in [2.75, 3.05) is 12.1 Å². The lowest BCUT2D eigenvalue weighted by Crippen LogP contribution is -2.55. The van der Waals surface area contributed by atoms with E-state index in [2.05, 4.69) is 25.1 Å². The Kier molecular flexibility index (Phi) is 9.60. The topological polar surface area (TPSA) is 173 Å². The summed E-state index contributed by atoms with van der Waals surface area (Å²) < 4.78 is 33.1. The predicted octanol–water partition coefficient (Wildman–Crippen LogP) is 3.38. The van der Waals surface area contributed by atoms with E-state index >= 15 is 0 Å². The van der Waals surface area contributed by atoms with Crippen LogP contribution in [0, 0.1) is 0 Å². The van der Waals surface area contributed by atoms with Crippen molar-refractivity contribution in [3.05, 3.63) is 12.7 Å². The maximum atomic E-state index is 14.3. The van der Waals surface area contributed by atoms with Gasteiger partial charge in [-0.3, -0.25) is 14.2 Å². The Balaban J connectivity index is 2.28. The third-order valence-electron chi connectivity index (χ3n) is 5.16. The first-order valence-corrected chi connectivity index (χ1v) is 14.6. The predicted molar refractivity (Wildman–Crippen MR) is 149 cm³/mol. The molecule has 4 N–H and O–H groups in total. The number of aromatic nitrogens is 4. The lowest BCUT2D eigenvalue weighted by molar-refractivity contribution is -0.161. The fourth-order valence-corrected chi connectivity index (χ4v) is 6.13. The summed E-state index contributed by atoms with van der Waals surface area (Å²) in [4.78, 5) is 38.3. The first-order valence-electron chi connectivity index (χ1n) is 12.7. The minimum atomic E-state index is -3.80. The van der Waals surface area contributed by atoms with Gasteiger partial charge in [-0.05, 0) is 76.2 Å². The highest BCUT2D eigenvalue weighted by Crippen LogP contribution is 2.42. The molecule has 2 aromatic rings. The monoisotopic (exact) mass is 569 g/mol. The van der Waals surface area contributed by atoms with Gasteiger partial charge in [0.1, 0.15) is 40.5 Å². The number of nitrogen functional groups attached to an aromatic ring is 1. The van der Waals surface area contributed by atoms with E-state index in [0.29, 0.717) is 17.7 Å². The second-order valence-electron chi connectivity index (χ2n) is 12.7. The summed E-state index contributed by atoms with van der Waals surface area (Å²) in [7, 11) is -3.80. The van der Waals surface area contributed by atoms with Crippen molar-refractivity contribution in [1.29, 1.82) is 0 Å². The smallest absolute Gasteiger partial charge is 0.326 e. The molecule has 0 fully saturated rings. The first kappa shape index (κ1) is 32.6. The van der Waals surface area contributed by atoms with Crippen LogP contribution in [0.1, 0.15) is 76.2 Å². The molecule has 0 saturated heterocycles. The van der Waals surface area contributed by atoms with Crippen LogP contribution in [0.25, 0.3) is 11.2 Å². The second kappa shape index (κ2) is 11.5. The van der Waals surface area contributed by atoms with Crippen molar-refractivity contribution in [2.24, 2.45) is 0 Å². The summed E-state index contributed by atoms with van der Waals surface area (Å²) in [6, 6.07) is 0. The number of carbonyl (C=O) groups is 2. The SMILES string of the molecule is C[C@H](Cn1cnc2c(N)ncnc21)OCP(=O)(NC(C)(C)C(=O)OC(C)(C)C)NC(C)(C)C(=O)OC(C)(C)C. The van der Waals surface area contributed by atoms with Crippen LogP contribution in [0.15, 0.2) is 12.7 Å². The lowest BCUT2D eigenvalue weighted by atomic mass is 10.1. The van der Waals surface area contributed by atoms with Crippen LogP contribution < -0.4 is 15.9 Å². The lowest BCUT2D eigenvalue weighted by Gasteiger charge is -2.37. The third-order valence-corrected chi connectivity index (χ3v) is 7.52. The molecule has 0 amide bonds. The molecule has 13 nitrogen and oxygen atoms in total. The van der Waals surface area contributed by atoms with Gasteiger partial charge in [-0.25, -0.2) is 25.1 Å². The second-order valence-corrected chi connectivity index (χ2v) is 14.8. The number of imidazole rings is 1. The van der Waals surface area contributed by atoms with Gasteiger partial charge in [-0.15, -0.1) is 0 Å². The molecule has 0 radical (unpaired) electrons. The fraction of sp³-hybridized carbons (Fsp3) is 0.720. The van der Waals surface area contributed by atoms with E-state index in [1.54, 1.807) is 87.1 Å². The van der Waals surface area contributed by atoms with Crippen molar-refractivity contribution in [2.45, 2.75) is 111 Å². The van der Waals surface area contributed by atoms with Crippen LogP contribution in [0.2, 0.25) is 0 Å². The number of carbonyl (C=O) groups excluding carboxylic acids is 2. The number of esters is 2. The van der Waals surface area contributed by atoms with E-state index in [1.165, 1.54) is 6.33 Å². The van der Waals surface area contributed by atoms with Crippen LogP contribution in [-0.4, -0.2) is 66.2 Å². The summed E-state index contributed by atoms with van der Waals surface area (Å²) in [6.45, 7) is 18.8. The standard InChI is InChI=1S/C25H44N7O6P/c1-16(12-32-14-29-17-18(26)27-13-28-19(17)32)36-15-39(35,30-24(8,9)20(33)37-22(2,3)4)31-25(10,11)21(34)38-23(5,6)7/h13-14,16H,12,15H2,1-11H3,(H2,26,27,28)(H2,30,31,35)/t16-/m1/s1. The van der Waals surface area contributed by atoms with Gasteiger partial charge >= 0.3 is 11.9 Å². The fourth-order valence-electron chi connectivity index (χ4n) is 3.49. The number of hydrogen-bond donors (Lipinski definition) is 3. The Labute approximate surface area is 230 Å². The molecule has 0 aliphatic heterocycles. The highest BCUT2D eigenvalue weighted by Gasteiger charge is 2.44. The van der Waals surface area contributed by atoms with Gasteiger partial charge in [0.25, 0.3) is 0 Å². The molecule has 0 unspecified atom stereocenters. The van der Waals surface area contributed by atoms with Gasteiger partial charge in [0.05, 0.1) is 19.0 Å². The van der Waals surface area contributed by atoms with E-state index in [4.69, 9.17) is 19.9 Å². The van der Waals surface area contributed by atoms with Crippen molar-refractivity contribution < 1.29 is 28.4 Å². The number of rotatable bonds is 11. The molecular formula is C25H44N7O6P. The zero-order chi connectivity index (χ0) is 30.0. The number of anilines is 1. The normalized spacial score (nSPS) is 14.3. The Morgan fingerprint density at radius 2 is 1.41 bits per heavy atom. The van der Waals surface area contributed by atoms with E-state index in [9.17, 15) is 14.2 Å². The van der Waals surface area contributed by atoms with Gasteiger partial charge in [0, 0.05) is 0 Å². The molecule has 0 aliphatic carbocycles. The van der Waals surface area contributed by atoms with E-state index in [0.717, 1.165) is 0 Å². The molecule has 0 bridgehead atoms. The molecule has 0 spiro atoms. The maximum Gasteiger partial charge on any atom is 0.326 e. The van der Waals surface area contributed by atoms with Crippen molar-refractivity contribution in [3.63, 3.8) is 0 Å². The van der Waals surface area contributed by atoms with Gasteiger partial charge in [-0.1, -0.05) is 0 Å². The maximum absolute atomic E-state index is 14.3. The zero-order valence-corrected chi connectivity index (χ0v) is 25.8. The van der Waals surface area contributed by atoms with Gasteiger partial charge in [-0.2, -0.15) is 0 Å². The van der Waals surface area contributed by atoms with Gasteiger partial charge in [0.15, 0.2) is 11.5 Å². The third kappa shape index (κ3) is 9.52. The Morgan fingerprint density at radius 3 is 1.87 bits per heavy atom. The van der Waals surface area contributed by atoms with Crippen LogP contribution in [0.5, 0.6) is 0 Å². The van der Waals surface area contributed by atoms with Crippen LogP contribution >= 0.6 is 7.44 Å². The minimum absolute atomic E-state index is 0.263. The molecule has 2 aromatic heterocycles. The summed E-state index contributed by atoms with van der Waals surface area (Å²) in [6.07, 6.45) is 2.10. The molecule has 2 heterocycles. The van der Waals surface area contributed by atoms with Gasteiger partial charge < -0.3 is 24.5 Å². The van der Waals surface area contributed by atoms with Crippen molar-refractivity contribution in [3.8, 4) is 0 Å². The highest BCUT2D eigenvalue weighted by atomic mass is 31.2. The number of nitrogens with one attached hydrogen (secondary N) is 2. The van der Waals surface area contributed by atoms with Crippen molar-refractivity contribution >= 4 is 36.4 Å². The number of fused-ring (bicyclic) bond motifs is 1. The van der Waals surface area contributed by atoms with Crippen LogP contribution in [-0.2, 0) is 34.9 Å². The molecule has 1 atom stereocenters. The van der Waals surface area contributed by atoms with E-state index in [1.807, 2.05) is 0 Å².